The quantitative estimate of drug-likeness (QED) is 0.622. The first kappa shape index (κ1) is 19.6. The number of benzene rings is 1. The van der Waals surface area contributed by atoms with E-state index in [1.165, 1.54) is 0 Å². The lowest BCUT2D eigenvalue weighted by Crippen LogP contribution is -2.50. The number of piperazine rings is 1. The standard InChI is InChI=1S/C22H23N5O3/c1-29-18-3-2-4-19(15-18)30-16-22(28)27-13-11-26(12-14-27)21-6-5-20(24-25-21)17-7-9-23-10-8-17/h2-10,15H,11-14,16H2,1H3. The van der Waals surface area contributed by atoms with Crippen LogP contribution in [0.2, 0.25) is 0 Å². The molecule has 154 valence electrons. The van der Waals surface area contributed by atoms with Crippen molar-refractivity contribution in [2.24, 2.45) is 0 Å². The van der Waals surface area contributed by atoms with Gasteiger partial charge in [0.05, 0.1) is 12.8 Å². The van der Waals surface area contributed by atoms with Gasteiger partial charge in [-0.2, -0.15) is 0 Å². The predicted molar refractivity (Wildman–Crippen MR) is 113 cm³/mol. The molecule has 1 amide bonds. The largest absolute Gasteiger partial charge is 0.497 e. The number of methoxy groups -OCH3 is 1. The third kappa shape index (κ3) is 4.65. The maximum atomic E-state index is 12.5. The average Bonchev–Trinajstić information content (AvgIpc) is 2.83. The van der Waals surface area contributed by atoms with Crippen molar-refractivity contribution in [1.29, 1.82) is 0 Å². The van der Waals surface area contributed by atoms with Gasteiger partial charge >= 0.3 is 0 Å². The highest BCUT2D eigenvalue weighted by Crippen LogP contribution is 2.20. The number of nitrogens with zero attached hydrogens (tertiary/aromatic N) is 5. The van der Waals surface area contributed by atoms with Gasteiger partial charge in [-0.1, -0.05) is 6.07 Å². The molecule has 3 heterocycles. The fraction of sp³-hybridized carbons (Fsp3) is 0.273. The summed E-state index contributed by atoms with van der Waals surface area (Å²) in [4.78, 5) is 20.5. The molecule has 1 fully saturated rings. The third-order valence-electron chi connectivity index (χ3n) is 4.99. The number of carbonyl (C=O) groups excluding carboxylic acids is 1. The number of hydrogen-bond acceptors (Lipinski definition) is 7. The molecule has 1 saturated heterocycles. The smallest absolute Gasteiger partial charge is 0.260 e. The number of carbonyl (C=O) groups is 1. The molecule has 1 aromatic carbocycles. The Balaban J connectivity index is 1.28. The van der Waals surface area contributed by atoms with Crippen LogP contribution in [0.25, 0.3) is 11.3 Å². The Bertz CT molecular complexity index is 974. The average molecular weight is 405 g/mol. The van der Waals surface area contributed by atoms with Crippen molar-refractivity contribution >= 4 is 11.7 Å². The second-order valence-corrected chi connectivity index (χ2v) is 6.85. The summed E-state index contributed by atoms with van der Waals surface area (Å²) < 4.78 is 10.8. The van der Waals surface area contributed by atoms with Crippen molar-refractivity contribution in [3.8, 4) is 22.8 Å². The van der Waals surface area contributed by atoms with Gasteiger partial charge in [-0.3, -0.25) is 9.78 Å². The van der Waals surface area contributed by atoms with Gasteiger partial charge in [-0.25, -0.2) is 0 Å². The zero-order valence-electron chi connectivity index (χ0n) is 16.8. The van der Waals surface area contributed by atoms with Crippen LogP contribution in [0.15, 0.2) is 60.9 Å². The molecule has 0 unspecified atom stereocenters. The van der Waals surface area contributed by atoms with Gasteiger partial charge in [0.15, 0.2) is 12.4 Å². The van der Waals surface area contributed by atoms with Crippen LogP contribution in [-0.2, 0) is 4.79 Å². The van der Waals surface area contributed by atoms with E-state index in [-0.39, 0.29) is 12.5 Å². The van der Waals surface area contributed by atoms with Gasteiger partial charge in [0.1, 0.15) is 11.5 Å². The fourth-order valence-corrected chi connectivity index (χ4v) is 3.28. The lowest BCUT2D eigenvalue weighted by molar-refractivity contribution is -0.133. The van der Waals surface area contributed by atoms with Crippen LogP contribution in [0.5, 0.6) is 11.5 Å². The summed E-state index contributed by atoms with van der Waals surface area (Å²) in [6.45, 7) is 2.65. The Kier molecular flexibility index (Phi) is 6.03. The summed E-state index contributed by atoms with van der Waals surface area (Å²) in [6.07, 6.45) is 3.47. The summed E-state index contributed by atoms with van der Waals surface area (Å²) >= 11 is 0. The molecule has 3 aromatic rings. The van der Waals surface area contributed by atoms with Gasteiger partial charge in [-0.15, -0.1) is 10.2 Å². The van der Waals surface area contributed by atoms with Gasteiger partial charge in [0.25, 0.3) is 5.91 Å². The van der Waals surface area contributed by atoms with E-state index in [2.05, 4.69) is 20.1 Å². The van der Waals surface area contributed by atoms with E-state index in [0.717, 1.165) is 17.1 Å². The molecular formula is C22H23N5O3. The molecule has 1 aliphatic rings. The van der Waals surface area contributed by atoms with Crippen molar-refractivity contribution < 1.29 is 14.3 Å². The molecule has 30 heavy (non-hydrogen) atoms. The van der Waals surface area contributed by atoms with Gasteiger partial charge in [0, 0.05) is 50.2 Å². The SMILES string of the molecule is COc1cccc(OCC(=O)N2CCN(c3ccc(-c4ccncc4)nn3)CC2)c1. The Morgan fingerprint density at radius 1 is 0.967 bits per heavy atom. The van der Waals surface area contributed by atoms with E-state index < -0.39 is 0 Å². The molecule has 0 bridgehead atoms. The van der Waals surface area contributed by atoms with Crippen molar-refractivity contribution in [1.82, 2.24) is 20.1 Å². The second-order valence-electron chi connectivity index (χ2n) is 6.85. The summed E-state index contributed by atoms with van der Waals surface area (Å²) in [5.41, 5.74) is 1.79. The van der Waals surface area contributed by atoms with Crippen LogP contribution < -0.4 is 14.4 Å². The van der Waals surface area contributed by atoms with Gasteiger partial charge in [0.2, 0.25) is 0 Å². The first-order valence-corrected chi connectivity index (χ1v) is 9.76. The topological polar surface area (TPSA) is 80.7 Å². The van der Waals surface area contributed by atoms with Crippen molar-refractivity contribution in [2.75, 3.05) is 44.8 Å². The minimum atomic E-state index is -0.0309. The van der Waals surface area contributed by atoms with Crippen molar-refractivity contribution in [3.63, 3.8) is 0 Å². The minimum Gasteiger partial charge on any atom is -0.497 e. The molecule has 1 aliphatic heterocycles. The molecule has 2 aromatic heterocycles. The molecule has 0 N–H and O–H groups in total. The number of anilines is 1. The van der Waals surface area contributed by atoms with Crippen molar-refractivity contribution in [3.05, 3.63) is 60.9 Å². The van der Waals surface area contributed by atoms with Gasteiger partial charge in [-0.05, 0) is 36.4 Å². The maximum Gasteiger partial charge on any atom is 0.260 e. The molecule has 8 heteroatoms. The van der Waals surface area contributed by atoms with Crippen LogP contribution in [0.3, 0.4) is 0 Å². The zero-order valence-corrected chi connectivity index (χ0v) is 16.8. The van der Waals surface area contributed by atoms with Crippen LogP contribution in [0.1, 0.15) is 0 Å². The molecule has 0 radical (unpaired) electrons. The van der Waals surface area contributed by atoms with E-state index in [1.807, 2.05) is 47.4 Å². The van der Waals surface area contributed by atoms with E-state index in [4.69, 9.17) is 9.47 Å². The highest BCUT2D eigenvalue weighted by atomic mass is 16.5. The number of rotatable bonds is 6. The summed E-state index contributed by atoms with van der Waals surface area (Å²) in [7, 11) is 1.60. The summed E-state index contributed by atoms with van der Waals surface area (Å²) in [5, 5.41) is 8.68. The first-order chi connectivity index (χ1) is 14.7. The Hall–Kier alpha value is -3.68. The summed E-state index contributed by atoms with van der Waals surface area (Å²) in [6, 6.07) is 15.0. The fourth-order valence-electron chi connectivity index (χ4n) is 3.28. The highest BCUT2D eigenvalue weighted by Gasteiger charge is 2.22. The normalized spacial score (nSPS) is 13.8. The van der Waals surface area contributed by atoms with E-state index >= 15 is 0 Å². The Morgan fingerprint density at radius 3 is 2.43 bits per heavy atom. The number of amides is 1. The zero-order chi connectivity index (χ0) is 20.8. The molecule has 0 saturated carbocycles. The highest BCUT2D eigenvalue weighted by molar-refractivity contribution is 5.78. The van der Waals surface area contributed by atoms with Crippen molar-refractivity contribution in [2.45, 2.75) is 0 Å². The number of hydrogen-bond donors (Lipinski definition) is 0. The van der Waals surface area contributed by atoms with Crippen LogP contribution in [0.4, 0.5) is 5.82 Å². The number of aromatic nitrogens is 3. The second kappa shape index (κ2) is 9.21. The lowest BCUT2D eigenvalue weighted by Gasteiger charge is -2.35. The number of pyridine rings is 1. The predicted octanol–water partition coefficient (Wildman–Crippen LogP) is 2.27. The maximum absolute atomic E-state index is 12.5. The van der Waals surface area contributed by atoms with Crippen LogP contribution in [0, 0.1) is 0 Å². The van der Waals surface area contributed by atoms with Crippen LogP contribution >= 0.6 is 0 Å². The molecule has 0 aliphatic carbocycles. The minimum absolute atomic E-state index is 0.00754. The van der Waals surface area contributed by atoms with Crippen LogP contribution in [-0.4, -0.2) is 65.9 Å². The van der Waals surface area contributed by atoms with Gasteiger partial charge < -0.3 is 19.3 Å². The third-order valence-corrected chi connectivity index (χ3v) is 4.99. The lowest BCUT2D eigenvalue weighted by atomic mass is 10.2. The van der Waals surface area contributed by atoms with E-state index in [1.54, 1.807) is 25.6 Å². The monoisotopic (exact) mass is 405 g/mol. The molecule has 8 nitrogen and oxygen atoms in total. The number of ether oxygens (including phenoxy) is 2. The summed E-state index contributed by atoms with van der Waals surface area (Å²) in [5.74, 6) is 2.10. The molecule has 0 atom stereocenters. The van der Waals surface area contributed by atoms with E-state index in [0.29, 0.717) is 37.7 Å². The molecular weight excluding hydrogens is 382 g/mol. The molecule has 4 rings (SSSR count). The van der Waals surface area contributed by atoms with E-state index in [9.17, 15) is 4.79 Å². The Morgan fingerprint density at radius 2 is 1.73 bits per heavy atom. The molecule has 0 spiro atoms. The first-order valence-electron chi connectivity index (χ1n) is 9.76. The Labute approximate surface area is 175 Å².